The van der Waals surface area contributed by atoms with E-state index >= 15 is 0 Å². The lowest BCUT2D eigenvalue weighted by molar-refractivity contribution is -0.158. The summed E-state index contributed by atoms with van der Waals surface area (Å²) in [5, 5.41) is 0. The molecule has 0 saturated heterocycles. The molecular weight excluding hydrogens is 404 g/mol. The van der Waals surface area contributed by atoms with Crippen LogP contribution in [0.15, 0.2) is 0 Å². The number of hydrogen-bond acceptors (Lipinski definition) is 8. The minimum Gasteiger partial charge on any atom is -0.462 e. The van der Waals surface area contributed by atoms with Crippen LogP contribution in [-0.4, -0.2) is 50.3 Å². The molecule has 0 aromatic rings. The standard InChI is InChI=1S/C23H40O8/c1-22(2,3)20(26)30-16-14-28-18(24)12-10-8-7-9-11-13-19(25)29-15-17-31-21(27)23(4,5)6/h7-17H2,1-6H3. The second-order valence-electron chi connectivity index (χ2n) is 9.48. The monoisotopic (exact) mass is 444 g/mol. The molecule has 0 radical (unpaired) electrons. The number of rotatable bonds is 14. The largest absolute Gasteiger partial charge is 0.462 e. The molecule has 0 heterocycles. The zero-order chi connectivity index (χ0) is 23.9. The maximum atomic E-state index is 11.6. The molecule has 0 aromatic carbocycles. The second kappa shape index (κ2) is 14.8. The van der Waals surface area contributed by atoms with Gasteiger partial charge in [-0.05, 0) is 54.4 Å². The Morgan fingerprint density at radius 1 is 0.484 bits per heavy atom. The van der Waals surface area contributed by atoms with Crippen LogP contribution in [0.2, 0.25) is 0 Å². The van der Waals surface area contributed by atoms with Gasteiger partial charge < -0.3 is 18.9 Å². The highest BCUT2D eigenvalue weighted by Crippen LogP contribution is 2.15. The zero-order valence-corrected chi connectivity index (χ0v) is 20.0. The lowest BCUT2D eigenvalue weighted by Crippen LogP contribution is -2.24. The molecule has 0 aromatic heterocycles. The first-order chi connectivity index (χ1) is 14.3. The number of esters is 4. The summed E-state index contributed by atoms with van der Waals surface area (Å²) in [5.74, 6) is -1.25. The van der Waals surface area contributed by atoms with Crippen LogP contribution in [0.3, 0.4) is 0 Å². The van der Waals surface area contributed by atoms with Gasteiger partial charge in [-0.1, -0.05) is 19.3 Å². The Labute approximate surface area is 186 Å². The molecule has 0 bridgehead atoms. The number of unbranched alkanes of at least 4 members (excludes halogenated alkanes) is 4. The van der Waals surface area contributed by atoms with Crippen molar-refractivity contribution in [1.82, 2.24) is 0 Å². The van der Waals surface area contributed by atoms with E-state index in [1.807, 2.05) is 0 Å². The van der Waals surface area contributed by atoms with E-state index in [1.54, 1.807) is 41.5 Å². The summed E-state index contributed by atoms with van der Waals surface area (Å²) >= 11 is 0. The Bertz CT molecular complexity index is 519. The molecule has 180 valence electrons. The summed E-state index contributed by atoms with van der Waals surface area (Å²) in [7, 11) is 0. The molecule has 0 aliphatic rings. The van der Waals surface area contributed by atoms with Gasteiger partial charge in [-0.3, -0.25) is 19.2 Å². The molecule has 0 unspecified atom stereocenters. The van der Waals surface area contributed by atoms with E-state index in [-0.39, 0.29) is 50.3 Å². The van der Waals surface area contributed by atoms with Gasteiger partial charge in [0.25, 0.3) is 0 Å². The smallest absolute Gasteiger partial charge is 0.311 e. The first kappa shape index (κ1) is 28.9. The lowest BCUT2D eigenvalue weighted by atomic mass is 9.97. The van der Waals surface area contributed by atoms with Crippen LogP contribution in [0.5, 0.6) is 0 Å². The van der Waals surface area contributed by atoms with Crippen LogP contribution in [0.1, 0.15) is 86.5 Å². The van der Waals surface area contributed by atoms with Gasteiger partial charge in [0, 0.05) is 12.8 Å². The summed E-state index contributed by atoms with van der Waals surface area (Å²) in [5.41, 5.74) is -1.14. The SMILES string of the molecule is CC(C)(C)C(=O)OCCOC(=O)CCCCCCCC(=O)OCCOC(=O)C(C)(C)C. The first-order valence-electron chi connectivity index (χ1n) is 11.0. The highest BCUT2D eigenvalue weighted by molar-refractivity contribution is 5.75. The molecule has 0 rings (SSSR count). The van der Waals surface area contributed by atoms with Crippen LogP contribution in [0.4, 0.5) is 0 Å². The Morgan fingerprint density at radius 3 is 1.10 bits per heavy atom. The zero-order valence-electron chi connectivity index (χ0n) is 20.0. The van der Waals surface area contributed by atoms with Gasteiger partial charge in [0.15, 0.2) is 0 Å². The van der Waals surface area contributed by atoms with Crippen molar-refractivity contribution in [3.63, 3.8) is 0 Å². The number of carbonyl (C=O) groups is 4. The van der Waals surface area contributed by atoms with Gasteiger partial charge in [0.05, 0.1) is 10.8 Å². The highest BCUT2D eigenvalue weighted by Gasteiger charge is 2.23. The molecule has 8 nitrogen and oxygen atoms in total. The Kier molecular flexibility index (Phi) is 13.8. The number of hydrogen-bond donors (Lipinski definition) is 0. The van der Waals surface area contributed by atoms with Crippen molar-refractivity contribution in [2.75, 3.05) is 26.4 Å². The van der Waals surface area contributed by atoms with E-state index in [2.05, 4.69) is 0 Å². The second-order valence-corrected chi connectivity index (χ2v) is 9.48. The van der Waals surface area contributed by atoms with Crippen molar-refractivity contribution in [1.29, 1.82) is 0 Å². The fourth-order valence-corrected chi connectivity index (χ4v) is 2.23. The van der Waals surface area contributed by atoms with Crippen molar-refractivity contribution < 1.29 is 38.1 Å². The molecular formula is C23H40O8. The molecule has 0 saturated carbocycles. The molecule has 0 N–H and O–H groups in total. The van der Waals surface area contributed by atoms with Gasteiger partial charge in [-0.15, -0.1) is 0 Å². The molecule has 0 spiro atoms. The Hall–Kier alpha value is -2.12. The molecule has 0 aliphatic heterocycles. The maximum absolute atomic E-state index is 11.6. The molecule has 8 heteroatoms. The van der Waals surface area contributed by atoms with Crippen molar-refractivity contribution in [3.05, 3.63) is 0 Å². The van der Waals surface area contributed by atoms with E-state index < -0.39 is 10.8 Å². The average molecular weight is 445 g/mol. The molecule has 0 amide bonds. The lowest BCUT2D eigenvalue weighted by Gasteiger charge is -2.16. The van der Waals surface area contributed by atoms with Crippen LogP contribution < -0.4 is 0 Å². The third-order valence-electron chi connectivity index (χ3n) is 4.15. The molecule has 0 aliphatic carbocycles. The van der Waals surface area contributed by atoms with E-state index in [0.29, 0.717) is 25.7 Å². The van der Waals surface area contributed by atoms with Crippen LogP contribution in [0.25, 0.3) is 0 Å². The van der Waals surface area contributed by atoms with E-state index in [4.69, 9.17) is 18.9 Å². The van der Waals surface area contributed by atoms with Gasteiger partial charge >= 0.3 is 23.9 Å². The fraction of sp³-hybridized carbons (Fsp3) is 0.826. The number of ether oxygens (including phenoxy) is 4. The topological polar surface area (TPSA) is 105 Å². The van der Waals surface area contributed by atoms with Gasteiger partial charge in [0.1, 0.15) is 26.4 Å². The van der Waals surface area contributed by atoms with Gasteiger partial charge in [-0.2, -0.15) is 0 Å². The average Bonchev–Trinajstić information content (AvgIpc) is 2.65. The fourth-order valence-electron chi connectivity index (χ4n) is 2.23. The summed E-state index contributed by atoms with van der Waals surface area (Å²) in [6, 6.07) is 0. The minimum atomic E-state index is -0.568. The Balaban J connectivity index is 3.54. The third-order valence-corrected chi connectivity index (χ3v) is 4.15. The van der Waals surface area contributed by atoms with Gasteiger partial charge in [-0.25, -0.2) is 0 Å². The highest BCUT2D eigenvalue weighted by atomic mass is 16.6. The summed E-state index contributed by atoms with van der Waals surface area (Å²) in [6.07, 6.45) is 4.71. The normalized spacial score (nSPS) is 11.5. The van der Waals surface area contributed by atoms with Crippen LogP contribution in [-0.2, 0) is 38.1 Å². The van der Waals surface area contributed by atoms with Crippen LogP contribution >= 0.6 is 0 Å². The first-order valence-corrected chi connectivity index (χ1v) is 11.0. The summed E-state index contributed by atoms with van der Waals surface area (Å²) in [4.78, 5) is 46.4. The number of carbonyl (C=O) groups excluding carboxylic acids is 4. The minimum absolute atomic E-state index is 0.0664. The molecule has 0 atom stereocenters. The summed E-state index contributed by atoms with van der Waals surface area (Å²) in [6.45, 7) is 10.8. The third kappa shape index (κ3) is 16.3. The van der Waals surface area contributed by atoms with Crippen molar-refractivity contribution >= 4 is 23.9 Å². The quantitative estimate of drug-likeness (QED) is 0.225. The van der Waals surface area contributed by atoms with Crippen molar-refractivity contribution in [3.8, 4) is 0 Å². The molecule has 0 fully saturated rings. The molecule has 31 heavy (non-hydrogen) atoms. The van der Waals surface area contributed by atoms with Crippen molar-refractivity contribution in [2.45, 2.75) is 86.5 Å². The van der Waals surface area contributed by atoms with Crippen LogP contribution in [0, 0.1) is 10.8 Å². The van der Waals surface area contributed by atoms with E-state index in [0.717, 1.165) is 19.3 Å². The predicted molar refractivity (Wildman–Crippen MR) is 115 cm³/mol. The van der Waals surface area contributed by atoms with E-state index in [9.17, 15) is 19.2 Å². The Morgan fingerprint density at radius 2 is 0.774 bits per heavy atom. The predicted octanol–water partition coefficient (Wildman–Crippen LogP) is 3.98. The van der Waals surface area contributed by atoms with E-state index in [1.165, 1.54) is 0 Å². The maximum Gasteiger partial charge on any atom is 0.311 e. The van der Waals surface area contributed by atoms with Gasteiger partial charge in [0.2, 0.25) is 0 Å². The van der Waals surface area contributed by atoms with Crippen molar-refractivity contribution in [2.24, 2.45) is 10.8 Å². The summed E-state index contributed by atoms with van der Waals surface area (Å²) < 4.78 is 20.1.